The third-order valence-electron chi connectivity index (χ3n) is 6.50. The molecule has 0 atom stereocenters. The zero-order valence-corrected chi connectivity index (χ0v) is 19.4. The number of hydrogen-bond acceptors (Lipinski definition) is 1. The Balaban J connectivity index is 1.73. The van der Waals surface area contributed by atoms with E-state index in [1.807, 2.05) is 77.7 Å². The first-order chi connectivity index (χ1) is 15.6. The van der Waals surface area contributed by atoms with E-state index in [1.54, 1.807) is 0 Å². The number of carbonyl (C=O) groups is 1. The molecule has 0 radical (unpaired) electrons. The summed E-state index contributed by atoms with van der Waals surface area (Å²) in [5, 5.41) is 3.04. The number of anilines is 1. The van der Waals surface area contributed by atoms with E-state index in [4.69, 9.17) is 11.2 Å². The molecule has 0 unspecified atom stereocenters. The summed E-state index contributed by atoms with van der Waals surface area (Å²) in [6, 6.07) is 38.7. The molecule has 32 heavy (non-hydrogen) atoms. The van der Waals surface area contributed by atoms with Crippen molar-refractivity contribution in [1.82, 2.24) is 0 Å². The van der Waals surface area contributed by atoms with Gasteiger partial charge in [0.05, 0.1) is 0 Å². The molecule has 0 fully saturated rings. The van der Waals surface area contributed by atoms with Crippen LogP contribution in [0.2, 0.25) is 0 Å². The van der Waals surface area contributed by atoms with Crippen LogP contribution in [0.4, 0.5) is 5.69 Å². The number of hydrogen-bond donors (Lipinski definition) is 0. The van der Waals surface area contributed by atoms with Crippen LogP contribution >= 0.6 is 17.2 Å². The number of fused-ring (bicyclic) bond motifs is 1. The maximum absolute atomic E-state index is 14.0. The summed E-state index contributed by atoms with van der Waals surface area (Å²) in [5.41, 5.74) is 2.23. The van der Waals surface area contributed by atoms with Gasteiger partial charge in [0.15, 0.2) is 0 Å². The Morgan fingerprint density at radius 1 is 0.688 bits per heavy atom. The molecular weight excluding hydrogens is 433 g/mol. The zero-order chi connectivity index (χ0) is 22.0. The van der Waals surface area contributed by atoms with Crippen LogP contribution in [-0.2, 0) is 11.2 Å². The van der Waals surface area contributed by atoms with Gasteiger partial charge in [0.25, 0.3) is 0 Å². The fourth-order valence-corrected chi connectivity index (χ4v) is 10.7. The molecule has 0 spiro atoms. The molecule has 4 aromatic carbocycles. The van der Waals surface area contributed by atoms with Gasteiger partial charge in [0.1, 0.15) is 0 Å². The quantitative estimate of drug-likeness (QED) is 0.374. The topological polar surface area (TPSA) is 20.3 Å². The average molecular weight is 458 g/mol. The number of amides is 1. The van der Waals surface area contributed by atoms with Crippen LogP contribution in [0.25, 0.3) is 0 Å². The summed E-state index contributed by atoms with van der Waals surface area (Å²) in [6.45, 7) is 0.694. The van der Waals surface area contributed by atoms with Crippen molar-refractivity contribution in [3.05, 3.63) is 121 Å². The summed E-state index contributed by atoms with van der Waals surface area (Å²) in [5.74, 6) is -3.55. The van der Waals surface area contributed by atoms with Crippen LogP contribution in [0, 0.1) is 0 Å². The van der Waals surface area contributed by atoms with Crippen molar-refractivity contribution in [3.63, 3.8) is 0 Å². The van der Waals surface area contributed by atoms with E-state index in [9.17, 15) is 4.79 Å². The summed E-state index contributed by atoms with van der Waals surface area (Å²) < 4.78 is 0. The molecule has 0 bridgehead atoms. The standard InChI is InChI=1S/C28H25ClNOP/c29-32(24-13-4-1-5-14-24,25-15-6-2-7-16-25,26-17-8-3-9-18-26)22-28(31)30-21-20-23-12-10-11-19-27(23)30/h1-19H,20-22H2. The van der Waals surface area contributed by atoms with Crippen molar-refractivity contribution >= 4 is 44.7 Å². The minimum atomic E-state index is -3.61. The first kappa shape index (κ1) is 20.9. The van der Waals surface area contributed by atoms with Crippen molar-refractivity contribution < 1.29 is 4.79 Å². The van der Waals surface area contributed by atoms with Crippen molar-refractivity contribution in [3.8, 4) is 0 Å². The summed E-state index contributed by atoms with van der Waals surface area (Å²) in [7, 11) is 0. The van der Waals surface area contributed by atoms with Gasteiger partial charge in [-0.2, -0.15) is 0 Å². The number of nitrogens with zero attached hydrogens (tertiary/aromatic N) is 1. The van der Waals surface area contributed by atoms with Crippen LogP contribution in [0.15, 0.2) is 115 Å². The third kappa shape index (κ3) is 3.26. The molecule has 1 amide bonds. The van der Waals surface area contributed by atoms with E-state index >= 15 is 0 Å². The van der Waals surface area contributed by atoms with E-state index < -0.39 is 5.96 Å². The fourth-order valence-electron chi connectivity index (χ4n) is 4.87. The Morgan fingerprint density at radius 3 is 1.62 bits per heavy atom. The monoisotopic (exact) mass is 457 g/mol. The Labute approximate surface area is 194 Å². The van der Waals surface area contributed by atoms with Crippen LogP contribution in [0.5, 0.6) is 0 Å². The Kier molecular flexibility index (Phi) is 5.37. The van der Waals surface area contributed by atoms with Crippen LogP contribution in [-0.4, -0.2) is 18.6 Å². The van der Waals surface area contributed by atoms with Gasteiger partial charge >= 0.3 is 194 Å². The summed E-state index contributed by atoms with van der Waals surface area (Å²) >= 11 is 8.06. The van der Waals surface area contributed by atoms with Crippen LogP contribution < -0.4 is 20.8 Å². The predicted molar refractivity (Wildman–Crippen MR) is 138 cm³/mol. The minimum absolute atomic E-state index is 0.0687. The van der Waals surface area contributed by atoms with Crippen molar-refractivity contribution in [2.45, 2.75) is 6.42 Å². The van der Waals surface area contributed by atoms with E-state index in [2.05, 4.69) is 42.5 Å². The first-order valence-electron chi connectivity index (χ1n) is 10.9. The molecule has 0 saturated heterocycles. The zero-order valence-electron chi connectivity index (χ0n) is 17.8. The normalized spacial score (nSPS) is 14.4. The second-order valence-corrected chi connectivity index (χ2v) is 14.7. The molecule has 160 valence electrons. The van der Waals surface area contributed by atoms with Gasteiger partial charge < -0.3 is 0 Å². The number of rotatable bonds is 5. The molecule has 1 aliphatic rings. The van der Waals surface area contributed by atoms with Gasteiger partial charge in [0.2, 0.25) is 0 Å². The molecule has 0 aromatic heterocycles. The van der Waals surface area contributed by atoms with E-state index in [0.29, 0.717) is 6.54 Å². The molecule has 0 saturated carbocycles. The van der Waals surface area contributed by atoms with Crippen molar-refractivity contribution in [2.75, 3.05) is 17.6 Å². The maximum atomic E-state index is 14.0. The molecular formula is C28H25ClNOP. The van der Waals surface area contributed by atoms with Gasteiger partial charge in [-0.05, 0) is 0 Å². The van der Waals surface area contributed by atoms with Crippen LogP contribution in [0.3, 0.4) is 0 Å². The molecule has 2 nitrogen and oxygen atoms in total. The van der Waals surface area contributed by atoms with E-state index in [-0.39, 0.29) is 12.1 Å². The number of carbonyl (C=O) groups excluding carboxylic acids is 1. The fraction of sp³-hybridized carbons (Fsp3) is 0.107. The average Bonchev–Trinajstić information content (AvgIpc) is 3.30. The van der Waals surface area contributed by atoms with Gasteiger partial charge in [-0.25, -0.2) is 0 Å². The second kappa shape index (κ2) is 8.20. The number of halogens is 1. The molecule has 4 heteroatoms. The molecule has 4 aromatic rings. The SMILES string of the molecule is O=C(CP(Cl)(c1ccccc1)(c1ccccc1)c1ccccc1)N1CCc2ccccc21. The molecule has 0 N–H and O–H groups in total. The number of para-hydroxylation sites is 1. The Hall–Kier alpha value is -2.93. The molecule has 5 rings (SSSR count). The van der Waals surface area contributed by atoms with Crippen molar-refractivity contribution in [2.24, 2.45) is 0 Å². The first-order valence-corrected chi connectivity index (χ1v) is 14.2. The molecule has 0 aliphatic carbocycles. The number of benzene rings is 4. The Bertz CT molecular complexity index is 1140. The molecule has 1 aliphatic heterocycles. The van der Waals surface area contributed by atoms with Gasteiger partial charge in [-0.3, -0.25) is 0 Å². The van der Waals surface area contributed by atoms with E-state index in [1.165, 1.54) is 5.56 Å². The third-order valence-corrected chi connectivity index (χ3v) is 13.6. The second-order valence-electron chi connectivity index (χ2n) is 8.27. The van der Waals surface area contributed by atoms with E-state index in [0.717, 1.165) is 28.0 Å². The van der Waals surface area contributed by atoms with Gasteiger partial charge in [-0.1, -0.05) is 0 Å². The predicted octanol–water partition coefficient (Wildman–Crippen LogP) is 5.26. The van der Waals surface area contributed by atoms with Gasteiger partial charge in [-0.15, -0.1) is 0 Å². The van der Waals surface area contributed by atoms with Crippen LogP contribution in [0.1, 0.15) is 5.56 Å². The summed E-state index contributed by atoms with van der Waals surface area (Å²) in [6.07, 6.45) is 1.11. The Morgan fingerprint density at radius 2 is 1.12 bits per heavy atom. The summed E-state index contributed by atoms with van der Waals surface area (Å²) in [4.78, 5) is 15.9. The molecule has 1 heterocycles. The van der Waals surface area contributed by atoms with Gasteiger partial charge in [0, 0.05) is 0 Å². The van der Waals surface area contributed by atoms with Crippen molar-refractivity contribution in [1.29, 1.82) is 0 Å².